The number of nitrogens with two attached hydrogens (primary N) is 1. The number of aromatic nitrogens is 2. The lowest BCUT2D eigenvalue weighted by atomic mass is 10.1. The molecule has 5 nitrogen and oxygen atoms in total. The van der Waals surface area contributed by atoms with E-state index in [1.54, 1.807) is 6.07 Å². The zero-order valence-corrected chi connectivity index (χ0v) is 11.9. The maximum absolute atomic E-state index is 12.1. The third kappa shape index (κ3) is 3.15. The molecule has 0 saturated carbocycles. The van der Waals surface area contributed by atoms with Crippen LogP contribution in [0.3, 0.4) is 0 Å². The first-order valence-electron chi connectivity index (χ1n) is 5.88. The molecule has 1 aromatic heterocycles. The van der Waals surface area contributed by atoms with Crippen molar-refractivity contribution in [2.24, 2.45) is 5.73 Å². The standard InChI is InChI=1S/C13H16N4OS/c1-8-6-4-5-7-9(8)10(18)15-12-17-16-11(19-12)13(2,3)14/h4-7H,14H2,1-3H3,(H,15,17,18). The number of nitrogens with one attached hydrogen (secondary N) is 1. The fourth-order valence-electron chi connectivity index (χ4n) is 1.53. The molecule has 6 heteroatoms. The highest BCUT2D eigenvalue weighted by Gasteiger charge is 2.20. The predicted molar refractivity (Wildman–Crippen MR) is 76.3 cm³/mol. The number of carbonyl (C=O) groups is 1. The summed E-state index contributed by atoms with van der Waals surface area (Å²) in [4.78, 5) is 12.1. The van der Waals surface area contributed by atoms with Crippen LogP contribution in [-0.2, 0) is 5.54 Å². The molecule has 1 heterocycles. The van der Waals surface area contributed by atoms with Crippen LogP contribution in [-0.4, -0.2) is 16.1 Å². The quantitative estimate of drug-likeness (QED) is 0.901. The van der Waals surface area contributed by atoms with E-state index in [1.165, 1.54) is 11.3 Å². The first-order valence-corrected chi connectivity index (χ1v) is 6.69. The van der Waals surface area contributed by atoms with Gasteiger partial charge in [-0.1, -0.05) is 29.5 Å². The molecule has 0 atom stereocenters. The normalized spacial score (nSPS) is 11.4. The van der Waals surface area contributed by atoms with Crippen LogP contribution >= 0.6 is 11.3 Å². The van der Waals surface area contributed by atoms with Crippen molar-refractivity contribution in [2.75, 3.05) is 5.32 Å². The highest BCUT2D eigenvalue weighted by atomic mass is 32.1. The lowest BCUT2D eigenvalue weighted by Gasteiger charge is -2.12. The molecule has 1 aromatic carbocycles. The Morgan fingerprint density at radius 3 is 2.58 bits per heavy atom. The molecule has 0 unspecified atom stereocenters. The summed E-state index contributed by atoms with van der Waals surface area (Å²) in [5.41, 5.74) is 6.93. The lowest BCUT2D eigenvalue weighted by molar-refractivity contribution is 0.102. The summed E-state index contributed by atoms with van der Waals surface area (Å²) >= 11 is 1.29. The van der Waals surface area contributed by atoms with Gasteiger partial charge in [0.25, 0.3) is 5.91 Å². The molecule has 1 amide bonds. The molecule has 3 N–H and O–H groups in total. The number of amides is 1. The molecule has 100 valence electrons. The van der Waals surface area contributed by atoms with Gasteiger partial charge in [0.15, 0.2) is 0 Å². The smallest absolute Gasteiger partial charge is 0.257 e. The van der Waals surface area contributed by atoms with E-state index in [2.05, 4.69) is 15.5 Å². The van der Waals surface area contributed by atoms with Crippen LogP contribution in [0, 0.1) is 6.92 Å². The molecule has 0 spiro atoms. The summed E-state index contributed by atoms with van der Waals surface area (Å²) in [5, 5.41) is 11.8. The van der Waals surface area contributed by atoms with Crippen molar-refractivity contribution >= 4 is 22.4 Å². The van der Waals surface area contributed by atoms with Gasteiger partial charge in [0.05, 0.1) is 5.54 Å². The number of carbonyl (C=O) groups excluding carboxylic acids is 1. The number of benzene rings is 1. The monoisotopic (exact) mass is 276 g/mol. The van der Waals surface area contributed by atoms with Crippen LogP contribution in [0.5, 0.6) is 0 Å². The molecule has 0 aliphatic rings. The van der Waals surface area contributed by atoms with Crippen molar-refractivity contribution in [1.82, 2.24) is 10.2 Å². The summed E-state index contributed by atoms with van der Waals surface area (Å²) < 4.78 is 0. The highest BCUT2D eigenvalue weighted by Crippen LogP contribution is 2.24. The van der Waals surface area contributed by atoms with E-state index in [9.17, 15) is 4.79 Å². The molecule has 0 bridgehead atoms. The summed E-state index contributed by atoms with van der Waals surface area (Å²) in [6, 6.07) is 7.39. The predicted octanol–water partition coefficient (Wildman–Crippen LogP) is 2.29. The zero-order chi connectivity index (χ0) is 14.0. The average Bonchev–Trinajstić information content (AvgIpc) is 2.77. The summed E-state index contributed by atoms with van der Waals surface area (Å²) in [6.07, 6.45) is 0. The van der Waals surface area contributed by atoms with Crippen molar-refractivity contribution < 1.29 is 4.79 Å². The molecule has 19 heavy (non-hydrogen) atoms. The Labute approximate surface area is 115 Å². The van der Waals surface area contributed by atoms with E-state index in [-0.39, 0.29) is 5.91 Å². The second kappa shape index (κ2) is 5.07. The minimum Gasteiger partial charge on any atom is -0.320 e. The minimum atomic E-state index is -0.552. The van der Waals surface area contributed by atoms with Crippen LogP contribution in [0.1, 0.15) is 34.8 Å². The van der Waals surface area contributed by atoms with Gasteiger partial charge >= 0.3 is 0 Å². The van der Waals surface area contributed by atoms with E-state index >= 15 is 0 Å². The Morgan fingerprint density at radius 1 is 1.32 bits per heavy atom. The van der Waals surface area contributed by atoms with Crippen LogP contribution in [0.4, 0.5) is 5.13 Å². The molecule has 0 radical (unpaired) electrons. The maximum atomic E-state index is 12.1. The van der Waals surface area contributed by atoms with E-state index in [0.717, 1.165) is 5.56 Å². The molecule has 0 saturated heterocycles. The number of aryl methyl sites for hydroxylation is 1. The Balaban J connectivity index is 2.16. The molecular formula is C13H16N4OS. The third-order valence-corrected chi connectivity index (χ3v) is 3.76. The van der Waals surface area contributed by atoms with Gasteiger partial charge in [-0.05, 0) is 32.4 Å². The lowest BCUT2D eigenvalue weighted by Crippen LogP contribution is -2.28. The summed E-state index contributed by atoms with van der Waals surface area (Å²) in [7, 11) is 0. The van der Waals surface area contributed by atoms with Crippen LogP contribution < -0.4 is 11.1 Å². The fraction of sp³-hybridized carbons (Fsp3) is 0.308. The summed E-state index contributed by atoms with van der Waals surface area (Å²) in [6.45, 7) is 5.59. The second-order valence-electron chi connectivity index (χ2n) is 4.90. The largest absolute Gasteiger partial charge is 0.320 e. The molecule has 0 fully saturated rings. The van der Waals surface area contributed by atoms with Crippen molar-refractivity contribution in [3.05, 3.63) is 40.4 Å². The second-order valence-corrected chi connectivity index (χ2v) is 5.88. The minimum absolute atomic E-state index is 0.185. The van der Waals surface area contributed by atoms with E-state index in [0.29, 0.717) is 15.7 Å². The van der Waals surface area contributed by atoms with Gasteiger partial charge < -0.3 is 5.73 Å². The van der Waals surface area contributed by atoms with Crippen molar-refractivity contribution in [1.29, 1.82) is 0 Å². The Kier molecular flexibility index (Phi) is 3.64. The average molecular weight is 276 g/mol. The maximum Gasteiger partial charge on any atom is 0.257 e. The first kappa shape index (κ1) is 13.6. The van der Waals surface area contributed by atoms with Gasteiger partial charge in [-0.2, -0.15) is 0 Å². The topological polar surface area (TPSA) is 80.9 Å². The van der Waals surface area contributed by atoms with E-state index in [1.807, 2.05) is 39.0 Å². The summed E-state index contributed by atoms with van der Waals surface area (Å²) in [5.74, 6) is -0.185. The van der Waals surface area contributed by atoms with Crippen LogP contribution in [0.15, 0.2) is 24.3 Å². The molecule has 0 aliphatic heterocycles. The highest BCUT2D eigenvalue weighted by molar-refractivity contribution is 7.15. The van der Waals surface area contributed by atoms with E-state index < -0.39 is 5.54 Å². The Morgan fingerprint density at radius 2 is 2.00 bits per heavy atom. The number of nitrogens with zero attached hydrogens (tertiary/aromatic N) is 2. The molecule has 2 aromatic rings. The number of anilines is 1. The van der Waals surface area contributed by atoms with Gasteiger partial charge in [0.2, 0.25) is 5.13 Å². The Hall–Kier alpha value is -1.79. The zero-order valence-electron chi connectivity index (χ0n) is 11.1. The van der Waals surface area contributed by atoms with Gasteiger partial charge in [0.1, 0.15) is 5.01 Å². The van der Waals surface area contributed by atoms with Crippen molar-refractivity contribution in [3.63, 3.8) is 0 Å². The third-order valence-electron chi connectivity index (χ3n) is 2.59. The van der Waals surface area contributed by atoms with Crippen LogP contribution in [0.2, 0.25) is 0 Å². The van der Waals surface area contributed by atoms with Gasteiger partial charge in [-0.25, -0.2) is 0 Å². The molecule has 0 aliphatic carbocycles. The van der Waals surface area contributed by atoms with Gasteiger partial charge in [-0.3, -0.25) is 10.1 Å². The molecular weight excluding hydrogens is 260 g/mol. The Bertz CT molecular complexity index is 601. The SMILES string of the molecule is Cc1ccccc1C(=O)Nc1nnc(C(C)(C)N)s1. The van der Waals surface area contributed by atoms with Crippen molar-refractivity contribution in [2.45, 2.75) is 26.3 Å². The first-order chi connectivity index (χ1) is 8.88. The van der Waals surface area contributed by atoms with Crippen molar-refractivity contribution in [3.8, 4) is 0 Å². The number of hydrogen-bond donors (Lipinski definition) is 2. The fourth-order valence-corrected chi connectivity index (χ4v) is 2.28. The van der Waals surface area contributed by atoms with E-state index in [4.69, 9.17) is 5.73 Å². The van der Waals surface area contributed by atoms with Gasteiger partial charge in [-0.15, -0.1) is 10.2 Å². The number of hydrogen-bond acceptors (Lipinski definition) is 5. The number of rotatable bonds is 3. The molecule has 2 rings (SSSR count). The van der Waals surface area contributed by atoms with Gasteiger partial charge in [0, 0.05) is 5.56 Å². The van der Waals surface area contributed by atoms with Crippen LogP contribution in [0.25, 0.3) is 0 Å².